The van der Waals surface area contributed by atoms with Gasteiger partial charge in [-0.15, -0.1) is 13.2 Å². The van der Waals surface area contributed by atoms with Crippen LogP contribution in [-0.4, -0.2) is 43.3 Å². The highest BCUT2D eigenvalue weighted by Gasteiger charge is 2.32. The predicted molar refractivity (Wildman–Crippen MR) is 161 cm³/mol. The third-order valence-corrected chi connectivity index (χ3v) is 7.04. The zero-order valence-corrected chi connectivity index (χ0v) is 24.6. The van der Waals surface area contributed by atoms with Gasteiger partial charge < -0.3 is 14.4 Å². The number of amides is 1. The Hall–Kier alpha value is -5.26. The zero-order chi connectivity index (χ0) is 32.0. The fourth-order valence-corrected chi connectivity index (χ4v) is 5.06. The smallest absolute Gasteiger partial charge is 0.494 e. The van der Waals surface area contributed by atoms with E-state index in [2.05, 4.69) is 14.7 Å². The zero-order valence-electron chi connectivity index (χ0n) is 24.6. The summed E-state index contributed by atoms with van der Waals surface area (Å²) in [6.45, 7) is 4.38. The number of halogens is 3. The predicted octanol–water partition coefficient (Wildman–Crippen LogP) is 6.20. The number of carbonyl (C=O) groups is 1. The molecule has 0 aliphatic heterocycles. The van der Waals surface area contributed by atoms with Gasteiger partial charge in [-0.3, -0.25) is 19.1 Å². The van der Waals surface area contributed by atoms with Crippen molar-refractivity contribution in [2.45, 2.75) is 45.6 Å². The fraction of sp³-hybridized carbons (Fsp3) is 0.242. The third-order valence-electron chi connectivity index (χ3n) is 7.04. The molecule has 0 radical (unpaired) electrons. The maximum absolute atomic E-state index is 14.1. The molecular weight excluding hydrogens is 587 g/mol. The van der Waals surface area contributed by atoms with Gasteiger partial charge in [0.1, 0.15) is 17.3 Å². The Morgan fingerprint density at radius 2 is 1.64 bits per heavy atom. The maximum Gasteiger partial charge on any atom is 0.573 e. The van der Waals surface area contributed by atoms with Crippen LogP contribution in [0.15, 0.2) is 96.2 Å². The first-order valence-corrected chi connectivity index (χ1v) is 14.3. The Labute approximate surface area is 256 Å². The van der Waals surface area contributed by atoms with E-state index in [9.17, 15) is 22.8 Å². The van der Waals surface area contributed by atoms with E-state index >= 15 is 0 Å². The minimum Gasteiger partial charge on any atom is -0.494 e. The van der Waals surface area contributed by atoms with Gasteiger partial charge in [0.05, 0.1) is 30.1 Å². The summed E-state index contributed by atoms with van der Waals surface area (Å²) in [5.41, 5.74) is 1.65. The first-order valence-electron chi connectivity index (χ1n) is 14.3. The van der Waals surface area contributed by atoms with Gasteiger partial charge in [0.15, 0.2) is 5.65 Å². The summed E-state index contributed by atoms with van der Waals surface area (Å²) >= 11 is 0. The molecule has 3 aromatic heterocycles. The minimum absolute atomic E-state index is 0.123. The second kappa shape index (κ2) is 13.6. The van der Waals surface area contributed by atoms with Crippen molar-refractivity contribution >= 4 is 16.9 Å². The lowest BCUT2D eigenvalue weighted by Crippen LogP contribution is -2.39. The summed E-state index contributed by atoms with van der Waals surface area (Å²) in [6, 6.07) is 18.4. The molecule has 0 N–H and O–H groups in total. The number of pyridine rings is 2. The van der Waals surface area contributed by atoms with Crippen LogP contribution in [0.25, 0.3) is 16.7 Å². The Bertz CT molecular complexity index is 1810. The SMILES string of the molecule is CCOc1ccc(-n2c(C(CC)N(Cc3cccnc3)C(=O)Cc3ccc(OC(F)(F)F)cc3)nc3ncccc3c2=O)cc1. The first-order chi connectivity index (χ1) is 21.7. The van der Waals surface area contributed by atoms with Crippen LogP contribution in [0.1, 0.15) is 43.3 Å². The molecule has 0 aliphatic rings. The molecule has 0 saturated heterocycles. The molecule has 1 amide bonds. The van der Waals surface area contributed by atoms with Crippen molar-refractivity contribution in [2.24, 2.45) is 0 Å². The van der Waals surface area contributed by atoms with Crippen molar-refractivity contribution in [1.29, 1.82) is 0 Å². The lowest BCUT2D eigenvalue weighted by molar-refractivity contribution is -0.274. The van der Waals surface area contributed by atoms with Crippen molar-refractivity contribution in [3.05, 3.63) is 119 Å². The van der Waals surface area contributed by atoms with Crippen molar-refractivity contribution in [1.82, 2.24) is 24.4 Å². The van der Waals surface area contributed by atoms with Crippen LogP contribution in [0.3, 0.4) is 0 Å². The molecule has 0 bridgehead atoms. The molecule has 0 aliphatic carbocycles. The molecule has 1 atom stereocenters. The monoisotopic (exact) mass is 617 g/mol. The molecule has 5 aromatic rings. The first kappa shape index (κ1) is 31.2. The van der Waals surface area contributed by atoms with Crippen LogP contribution in [0.5, 0.6) is 11.5 Å². The summed E-state index contributed by atoms with van der Waals surface area (Å²) in [7, 11) is 0. The molecule has 3 heterocycles. The van der Waals surface area contributed by atoms with E-state index in [0.29, 0.717) is 41.2 Å². The van der Waals surface area contributed by atoms with Gasteiger partial charge >= 0.3 is 6.36 Å². The molecule has 12 heteroatoms. The summed E-state index contributed by atoms with van der Waals surface area (Å²) in [6.07, 6.45) is 0.246. The summed E-state index contributed by atoms with van der Waals surface area (Å²) in [5.74, 6) is 0.232. The summed E-state index contributed by atoms with van der Waals surface area (Å²) in [4.78, 5) is 43.0. The highest BCUT2D eigenvalue weighted by molar-refractivity contribution is 5.79. The van der Waals surface area contributed by atoms with Crippen LogP contribution < -0.4 is 15.0 Å². The number of nitrogens with zero attached hydrogens (tertiary/aromatic N) is 5. The number of ether oxygens (including phenoxy) is 2. The Morgan fingerprint density at radius 1 is 0.933 bits per heavy atom. The Morgan fingerprint density at radius 3 is 2.29 bits per heavy atom. The van der Waals surface area contributed by atoms with E-state index in [4.69, 9.17) is 9.72 Å². The second-order valence-corrected chi connectivity index (χ2v) is 10.1. The summed E-state index contributed by atoms with van der Waals surface area (Å²) < 4.78 is 49.0. The van der Waals surface area contributed by atoms with Gasteiger partial charge in [0, 0.05) is 25.1 Å². The molecular formula is C33H30F3N5O4. The van der Waals surface area contributed by atoms with Crippen molar-refractivity contribution < 1.29 is 27.4 Å². The number of hydrogen-bond acceptors (Lipinski definition) is 7. The van der Waals surface area contributed by atoms with E-state index in [1.165, 1.54) is 28.8 Å². The molecule has 9 nitrogen and oxygen atoms in total. The van der Waals surface area contributed by atoms with Crippen molar-refractivity contribution in [3.8, 4) is 17.2 Å². The standard InChI is InChI=1S/C33H30F3N5O4/c1-3-28(31-39-30-27(8-6-18-38-30)32(43)41(31)24-11-15-25(16-12-24)44-4-2)40(21-23-7-5-17-37-20-23)29(42)19-22-9-13-26(14-10-22)45-33(34,35)36/h5-18,20,28H,3-4,19,21H2,1-2H3. The highest BCUT2D eigenvalue weighted by atomic mass is 19.4. The molecule has 1 unspecified atom stereocenters. The number of aromatic nitrogens is 4. The van der Waals surface area contributed by atoms with Crippen LogP contribution in [-0.2, 0) is 17.8 Å². The summed E-state index contributed by atoms with van der Waals surface area (Å²) in [5, 5.41) is 0.316. The van der Waals surface area contributed by atoms with Gasteiger partial charge in [0.25, 0.3) is 5.56 Å². The number of rotatable bonds is 11. The quantitative estimate of drug-likeness (QED) is 0.174. The van der Waals surface area contributed by atoms with E-state index < -0.39 is 12.4 Å². The largest absolute Gasteiger partial charge is 0.573 e. The average molecular weight is 618 g/mol. The molecule has 0 fully saturated rings. The third kappa shape index (κ3) is 7.46. The van der Waals surface area contributed by atoms with E-state index in [-0.39, 0.29) is 35.8 Å². The van der Waals surface area contributed by atoms with Crippen LogP contribution in [0.4, 0.5) is 13.2 Å². The van der Waals surface area contributed by atoms with Crippen LogP contribution in [0, 0.1) is 0 Å². The minimum atomic E-state index is -4.83. The van der Waals surface area contributed by atoms with Gasteiger partial charge in [-0.1, -0.05) is 25.1 Å². The molecule has 5 rings (SSSR count). The maximum atomic E-state index is 14.1. The van der Waals surface area contributed by atoms with E-state index in [1.54, 1.807) is 66.0 Å². The number of fused-ring (bicyclic) bond motifs is 1. The highest BCUT2D eigenvalue weighted by Crippen LogP contribution is 2.29. The topological polar surface area (TPSA) is 99.4 Å². The molecule has 0 saturated carbocycles. The Kier molecular flexibility index (Phi) is 9.41. The van der Waals surface area contributed by atoms with Crippen LogP contribution >= 0.6 is 0 Å². The van der Waals surface area contributed by atoms with Gasteiger partial charge in [-0.25, -0.2) is 9.97 Å². The van der Waals surface area contributed by atoms with E-state index in [0.717, 1.165) is 5.56 Å². The number of hydrogen-bond donors (Lipinski definition) is 0. The van der Waals surface area contributed by atoms with Gasteiger partial charge in [0.2, 0.25) is 5.91 Å². The molecule has 45 heavy (non-hydrogen) atoms. The lowest BCUT2D eigenvalue weighted by Gasteiger charge is -2.32. The van der Waals surface area contributed by atoms with Crippen LogP contribution in [0.2, 0.25) is 0 Å². The molecule has 232 valence electrons. The number of benzene rings is 2. The fourth-order valence-electron chi connectivity index (χ4n) is 5.06. The van der Waals surface area contributed by atoms with E-state index in [1.807, 2.05) is 19.9 Å². The Balaban J connectivity index is 1.59. The molecule has 0 spiro atoms. The number of alkyl halides is 3. The molecule has 2 aromatic carbocycles. The number of carbonyl (C=O) groups excluding carboxylic acids is 1. The lowest BCUT2D eigenvalue weighted by atomic mass is 10.1. The van der Waals surface area contributed by atoms with Gasteiger partial charge in [-0.05, 0) is 79.1 Å². The van der Waals surface area contributed by atoms with Gasteiger partial charge in [-0.2, -0.15) is 0 Å². The normalized spacial score (nSPS) is 12.1. The van der Waals surface area contributed by atoms with Crippen molar-refractivity contribution in [2.75, 3.05) is 6.61 Å². The second-order valence-electron chi connectivity index (χ2n) is 10.1. The van der Waals surface area contributed by atoms with Crippen molar-refractivity contribution in [3.63, 3.8) is 0 Å². The average Bonchev–Trinajstić information content (AvgIpc) is 3.02.